The summed E-state index contributed by atoms with van der Waals surface area (Å²) in [7, 11) is 1.94. The van der Waals surface area contributed by atoms with Crippen molar-refractivity contribution in [1.29, 1.82) is 0 Å². The number of benzene rings is 3. The number of esters is 1. The summed E-state index contributed by atoms with van der Waals surface area (Å²) in [5.74, 6) is 0.150. The zero-order valence-corrected chi connectivity index (χ0v) is 27.7. The van der Waals surface area contributed by atoms with E-state index in [0.717, 1.165) is 77.3 Å². The Morgan fingerprint density at radius 2 is 1.73 bits per heavy atom. The van der Waals surface area contributed by atoms with Crippen molar-refractivity contribution in [2.75, 3.05) is 44.2 Å². The van der Waals surface area contributed by atoms with E-state index in [-0.39, 0.29) is 0 Å². The van der Waals surface area contributed by atoms with E-state index in [2.05, 4.69) is 22.0 Å². The molecule has 1 aliphatic rings. The number of hydrogen-bond donors (Lipinski definition) is 1. The maximum Gasteiger partial charge on any atom is 0.369 e. The van der Waals surface area contributed by atoms with Crippen molar-refractivity contribution in [2.45, 2.75) is 53.4 Å². The van der Waals surface area contributed by atoms with Crippen LogP contribution in [0.1, 0.15) is 37.7 Å². The van der Waals surface area contributed by atoms with Gasteiger partial charge < -0.3 is 19.7 Å². The average molecular weight is 618 g/mol. The van der Waals surface area contributed by atoms with Crippen LogP contribution in [-0.2, 0) is 16.6 Å². The fourth-order valence-electron chi connectivity index (χ4n) is 5.95. The number of ether oxygens (including phenoxy) is 2. The average Bonchev–Trinajstić information content (AvgIpc) is 3.23. The molecular formula is C35H44ClN5O3. The molecule has 1 N–H and O–H groups in total. The van der Waals surface area contributed by atoms with E-state index in [9.17, 15) is 4.79 Å². The minimum atomic E-state index is -1.09. The molecule has 5 rings (SSSR count). The van der Waals surface area contributed by atoms with E-state index < -0.39 is 17.8 Å². The highest BCUT2D eigenvalue weighted by Gasteiger charge is 2.36. The molecule has 0 spiro atoms. The summed E-state index contributed by atoms with van der Waals surface area (Å²) in [5.41, 5.74) is 4.74. The number of aryl methyl sites for hydroxylation is 3. The van der Waals surface area contributed by atoms with Crippen LogP contribution in [0, 0.1) is 20.8 Å². The number of carbonyl (C=O) groups excluding carboxylic acids is 1. The highest BCUT2D eigenvalue weighted by molar-refractivity contribution is 6.34. The third-order valence-corrected chi connectivity index (χ3v) is 8.44. The largest absolute Gasteiger partial charge is 0.458 e. The Balaban J connectivity index is 1.71. The first kappa shape index (κ1) is 31.8. The fourth-order valence-corrected chi connectivity index (χ4v) is 6.20. The molecule has 2 heterocycles. The number of nitrogens with zero attached hydrogens (tertiary/aromatic N) is 4. The van der Waals surface area contributed by atoms with Gasteiger partial charge in [-0.15, -0.1) is 0 Å². The predicted octanol–water partition coefficient (Wildman–Crippen LogP) is 6.28. The van der Waals surface area contributed by atoms with Crippen molar-refractivity contribution >= 4 is 34.0 Å². The monoisotopic (exact) mass is 617 g/mol. The van der Waals surface area contributed by atoms with Crippen molar-refractivity contribution in [3.8, 4) is 16.9 Å². The van der Waals surface area contributed by atoms with Gasteiger partial charge in [-0.2, -0.15) is 5.10 Å². The van der Waals surface area contributed by atoms with E-state index >= 15 is 0 Å². The lowest BCUT2D eigenvalue weighted by molar-refractivity contribution is -0.163. The smallest absolute Gasteiger partial charge is 0.369 e. The first-order valence-corrected chi connectivity index (χ1v) is 15.7. The van der Waals surface area contributed by atoms with E-state index in [1.807, 2.05) is 101 Å². The summed E-state index contributed by atoms with van der Waals surface area (Å²) in [6, 6.07) is 17.9. The first-order chi connectivity index (χ1) is 20.9. The maximum atomic E-state index is 14.3. The lowest BCUT2D eigenvalue weighted by Gasteiger charge is -2.38. The molecule has 9 heteroatoms. The van der Waals surface area contributed by atoms with Gasteiger partial charge in [0.2, 0.25) is 0 Å². The lowest BCUT2D eigenvalue weighted by Crippen LogP contribution is -2.52. The highest BCUT2D eigenvalue weighted by atomic mass is 35.5. The Bertz CT molecular complexity index is 1630. The number of nitrogens with one attached hydrogen (secondary N) is 1. The van der Waals surface area contributed by atoms with Gasteiger partial charge in [-0.05, 0) is 64.6 Å². The molecule has 1 saturated heterocycles. The Labute approximate surface area is 265 Å². The van der Waals surface area contributed by atoms with Crippen molar-refractivity contribution in [1.82, 2.24) is 20.0 Å². The number of rotatable bonds is 9. The second-order valence-corrected chi connectivity index (χ2v) is 12.9. The number of fused-ring (bicyclic) bond motifs is 1. The van der Waals surface area contributed by atoms with Gasteiger partial charge in [0.15, 0.2) is 0 Å². The van der Waals surface area contributed by atoms with Crippen LogP contribution >= 0.6 is 11.6 Å². The molecule has 234 valence electrons. The molecule has 0 bridgehead atoms. The number of halogens is 1. The maximum absolute atomic E-state index is 14.3. The van der Waals surface area contributed by atoms with Gasteiger partial charge in [-0.3, -0.25) is 9.58 Å². The zero-order valence-electron chi connectivity index (χ0n) is 26.9. The van der Waals surface area contributed by atoms with E-state index in [1.54, 1.807) is 0 Å². The number of piperazine rings is 1. The summed E-state index contributed by atoms with van der Waals surface area (Å²) < 4.78 is 14.7. The summed E-state index contributed by atoms with van der Waals surface area (Å²) >= 11 is 7.07. The number of hydrogen-bond acceptors (Lipinski definition) is 7. The van der Waals surface area contributed by atoms with Crippen LogP contribution in [0.2, 0.25) is 5.02 Å². The van der Waals surface area contributed by atoms with Gasteiger partial charge in [0.05, 0.1) is 16.4 Å². The second-order valence-electron chi connectivity index (χ2n) is 12.5. The third kappa shape index (κ3) is 6.88. The molecule has 0 saturated carbocycles. The van der Waals surface area contributed by atoms with Crippen molar-refractivity contribution in [3.63, 3.8) is 0 Å². The van der Waals surface area contributed by atoms with Gasteiger partial charge in [0.1, 0.15) is 11.4 Å². The van der Waals surface area contributed by atoms with E-state index in [1.165, 1.54) is 0 Å². The molecule has 3 aromatic carbocycles. The Hall–Kier alpha value is -3.59. The molecule has 44 heavy (non-hydrogen) atoms. The van der Waals surface area contributed by atoms with Crippen molar-refractivity contribution in [3.05, 3.63) is 76.6 Å². The molecule has 1 fully saturated rings. The van der Waals surface area contributed by atoms with E-state index in [0.29, 0.717) is 17.3 Å². The standard InChI is InChI=1S/C35H44ClN5O3/c1-23-15-16-28(36)31(30-24(2)38-39(7)25(30)3)32(23)41(22-21-40-19-17-37-18-20-40)33(34(42)44-35(4,5)6)43-29-14-10-12-26-11-8-9-13-27(26)29/h8-16,33,37H,17-22H2,1-7H3. The topological polar surface area (TPSA) is 71.9 Å². The van der Waals surface area contributed by atoms with Crippen LogP contribution < -0.4 is 15.0 Å². The first-order valence-electron chi connectivity index (χ1n) is 15.3. The molecule has 0 radical (unpaired) electrons. The molecular weight excluding hydrogens is 574 g/mol. The summed E-state index contributed by atoms with van der Waals surface area (Å²) in [5, 5.41) is 10.7. The minimum Gasteiger partial charge on any atom is -0.458 e. The van der Waals surface area contributed by atoms with Crippen LogP contribution in [0.4, 0.5) is 5.69 Å². The Morgan fingerprint density at radius 1 is 1.02 bits per heavy atom. The normalized spacial score (nSPS) is 14.9. The Morgan fingerprint density at radius 3 is 2.41 bits per heavy atom. The lowest BCUT2D eigenvalue weighted by atomic mass is 9.97. The molecule has 1 aromatic heterocycles. The van der Waals surface area contributed by atoms with Gasteiger partial charge in [0, 0.05) is 68.5 Å². The SMILES string of the molecule is Cc1ccc(Cl)c(-c2c(C)nn(C)c2C)c1N(CCN1CCNCC1)C(Oc1cccc2ccccc12)C(=O)OC(C)(C)C. The molecule has 1 unspecified atom stereocenters. The van der Waals surface area contributed by atoms with Crippen molar-refractivity contribution < 1.29 is 14.3 Å². The predicted molar refractivity (Wildman–Crippen MR) is 179 cm³/mol. The van der Waals surface area contributed by atoms with Gasteiger partial charge >= 0.3 is 5.97 Å². The summed E-state index contributed by atoms with van der Waals surface area (Å²) in [6.45, 7) is 16.7. The van der Waals surface area contributed by atoms with Gasteiger partial charge in [-0.1, -0.05) is 54.1 Å². The summed E-state index contributed by atoms with van der Waals surface area (Å²) in [4.78, 5) is 18.8. The van der Waals surface area contributed by atoms with E-state index in [4.69, 9.17) is 26.2 Å². The quantitative estimate of drug-likeness (QED) is 0.175. The molecule has 1 atom stereocenters. The number of anilines is 1. The number of carbonyl (C=O) groups is 1. The third-order valence-electron chi connectivity index (χ3n) is 8.12. The van der Waals surface area contributed by atoms with Crippen LogP contribution in [0.3, 0.4) is 0 Å². The molecule has 0 amide bonds. The van der Waals surface area contributed by atoms with Crippen LogP contribution in [0.25, 0.3) is 21.9 Å². The van der Waals surface area contributed by atoms with Crippen LogP contribution in [0.5, 0.6) is 5.75 Å². The van der Waals surface area contributed by atoms with Crippen molar-refractivity contribution in [2.24, 2.45) is 7.05 Å². The second kappa shape index (κ2) is 13.2. The molecule has 1 aliphatic heterocycles. The Kier molecular flexibility index (Phi) is 9.53. The number of aromatic nitrogens is 2. The minimum absolute atomic E-state index is 0.462. The van der Waals surface area contributed by atoms with Crippen LogP contribution in [-0.4, -0.2) is 71.7 Å². The molecule has 8 nitrogen and oxygen atoms in total. The molecule has 0 aliphatic carbocycles. The van der Waals surface area contributed by atoms with Gasteiger partial charge in [0.25, 0.3) is 6.23 Å². The summed E-state index contributed by atoms with van der Waals surface area (Å²) in [6.07, 6.45) is -1.09. The van der Waals surface area contributed by atoms with Gasteiger partial charge in [-0.25, -0.2) is 4.79 Å². The highest BCUT2D eigenvalue weighted by Crippen LogP contribution is 2.43. The van der Waals surface area contributed by atoms with Crippen LogP contribution in [0.15, 0.2) is 54.6 Å². The zero-order chi connectivity index (χ0) is 31.6. The molecule has 4 aromatic rings. The fraction of sp³-hybridized carbons (Fsp3) is 0.429.